The van der Waals surface area contributed by atoms with Crippen molar-refractivity contribution < 1.29 is 28.6 Å². The summed E-state index contributed by atoms with van der Waals surface area (Å²) in [6.45, 7) is 5.23. The quantitative estimate of drug-likeness (QED) is 0.654. The molecule has 0 spiro atoms. The third-order valence-corrected chi connectivity index (χ3v) is 5.49. The summed E-state index contributed by atoms with van der Waals surface area (Å²) in [5.41, 5.74) is 1.91. The number of carbonyl (C=O) groups is 1. The van der Waals surface area contributed by atoms with Gasteiger partial charge in [0.05, 0.1) is 20.3 Å². The molecular weight excluding hydrogens is 396 g/mol. The highest BCUT2D eigenvalue weighted by Gasteiger charge is 2.22. The predicted molar refractivity (Wildman–Crippen MR) is 117 cm³/mol. The maximum Gasteiger partial charge on any atom is 0.244 e. The van der Waals surface area contributed by atoms with Gasteiger partial charge in [-0.15, -0.1) is 0 Å². The fraction of sp³-hybridized carbons (Fsp3) is 0.375. The second kappa shape index (κ2) is 10.3. The number of rotatable bonds is 7. The van der Waals surface area contributed by atoms with Gasteiger partial charge in [0.25, 0.3) is 0 Å². The normalized spacial score (nSPS) is 17.3. The Morgan fingerprint density at radius 2 is 1.90 bits per heavy atom. The summed E-state index contributed by atoms with van der Waals surface area (Å²) in [6, 6.07) is 13.7. The van der Waals surface area contributed by atoms with E-state index in [1.54, 1.807) is 19.3 Å². The molecule has 4 rings (SSSR count). The van der Waals surface area contributed by atoms with E-state index in [0.717, 1.165) is 44.0 Å². The molecule has 2 aromatic carbocycles. The van der Waals surface area contributed by atoms with Crippen molar-refractivity contribution in [3.05, 3.63) is 59.7 Å². The summed E-state index contributed by atoms with van der Waals surface area (Å²) in [5.74, 6) is 1.68. The third kappa shape index (κ3) is 5.57. The first-order valence-corrected chi connectivity index (χ1v) is 10.7. The Hall–Kier alpha value is -3.03. The van der Waals surface area contributed by atoms with Gasteiger partial charge in [0.1, 0.15) is 38.9 Å². The number of fused-ring (bicyclic) bond motifs is 1. The number of nitrogens with one attached hydrogen (secondary N) is 2. The van der Waals surface area contributed by atoms with Crippen LogP contribution in [0.3, 0.4) is 0 Å². The summed E-state index contributed by atoms with van der Waals surface area (Å²) >= 11 is 0. The average molecular weight is 426 g/mol. The summed E-state index contributed by atoms with van der Waals surface area (Å²) in [7, 11) is 1.59. The molecule has 164 valence electrons. The van der Waals surface area contributed by atoms with Crippen molar-refractivity contribution >= 4 is 12.0 Å². The Bertz CT molecular complexity index is 892. The minimum absolute atomic E-state index is 0.0683. The van der Waals surface area contributed by atoms with Gasteiger partial charge in [-0.1, -0.05) is 30.3 Å². The van der Waals surface area contributed by atoms with Crippen LogP contribution in [0.25, 0.3) is 6.08 Å². The lowest BCUT2D eigenvalue weighted by molar-refractivity contribution is -0.909. The molecule has 1 saturated heterocycles. The Morgan fingerprint density at radius 1 is 1.13 bits per heavy atom. The van der Waals surface area contributed by atoms with E-state index in [-0.39, 0.29) is 11.9 Å². The van der Waals surface area contributed by atoms with Crippen LogP contribution < -0.4 is 24.4 Å². The summed E-state index contributed by atoms with van der Waals surface area (Å²) in [6.07, 6.45) is 3.31. The average Bonchev–Trinajstić information content (AvgIpc) is 2.83. The number of ether oxygens (including phenoxy) is 4. The van der Waals surface area contributed by atoms with Gasteiger partial charge in [0.15, 0.2) is 11.5 Å². The molecule has 1 atom stereocenters. The van der Waals surface area contributed by atoms with Gasteiger partial charge >= 0.3 is 0 Å². The summed E-state index contributed by atoms with van der Waals surface area (Å²) in [4.78, 5) is 14.2. The monoisotopic (exact) mass is 425 g/mol. The Labute approximate surface area is 182 Å². The molecule has 2 N–H and O–H groups in total. The number of benzene rings is 2. The second-order valence-corrected chi connectivity index (χ2v) is 7.62. The first kappa shape index (κ1) is 21.2. The van der Waals surface area contributed by atoms with E-state index < -0.39 is 0 Å². The standard InChI is InChI=1S/C24H28N2O5/c1-28-21-15-18(16-22-24(21)31-14-13-30-22)7-8-23(27)25-20(19-5-3-2-4-6-19)17-26-9-11-29-12-10-26/h2-8,15-16,20H,9-14,17H2,1H3,(H,25,27)/p+1/b8-7+/t20-/m1/s1. The highest BCUT2D eigenvalue weighted by Crippen LogP contribution is 2.40. The molecule has 0 saturated carbocycles. The zero-order valence-electron chi connectivity index (χ0n) is 17.8. The first-order chi connectivity index (χ1) is 15.2. The van der Waals surface area contributed by atoms with Crippen LogP contribution in [0, 0.1) is 0 Å². The number of hydrogen-bond acceptors (Lipinski definition) is 5. The topological polar surface area (TPSA) is 70.5 Å². The van der Waals surface area contributed by atoms with Crippen molar-refractivity contribution in [1.29, 1.82) is 0 Å². The number of hydrogen-bond donors (Lipinski definition) is 2. The molecule has 0 bridgehead atoms. The van der Waals surface area contributed by atoms with Gasteiger partial charge < -0.3 is 29.2 Å². The molecule has 0 aromatic heterocycles. The molecule has 2 aliphatic rings. The Morgan fingerprint density at radius 3 is 2.68 bits per heavy atom. The van der Waals surface area contributed by atoms with Crippen molar-refractivity contribution in [2.45, 2.75) is 6.04 Å². The first-order valence-electron chi connectivity index (χ1n) is 10.7. The largest absolute Gasteiger partial charge is 0.493 e. The minimum Gasteiger partial charge on any atom is -0.493 e. The summed E-state index contributed by atoms with van der Waals surface area (Å²) in [5, 5.41) is 3.17. The molecule has 7 nitrogen and oxygen atoms in total. The van der Waals surface area contributed by atoms with Crippen molar-refractivity contribution in [3.63, 3.8) is 0 Å². The molecule has 7 heteroatoms. The molecular formula is C24H29N2O5+. The van der Waals surface area contributed by atoms with Gasteiger partial charge in [-0.3, -0.25) is 4.79 Å². The van der Waals surface area contributed by atoms with Crippen molar-refractivity contribution in [1.82, 2.24) is 5.32 Å². The summed E-state index contributed by atoms with van der Waals surface area (Å²) < 4.78 is 22.2. The van der Waals surface area contributed by atoms with Crippen LogP contribution in [-0.2, 0) is 9.53 Å². The maximum absolute atomic E-state index is 12.8. The highest BCUT2D eigenvalue weighted by atomic mass is 16.6. The molecule has 1 amide bonds. The number of methoxy groups -OCH3 is 1. The van der Waals surface area contributed by atoms with E-state index in [9.17, 15) is 4.79 Å². The third-order valence-electron chi connectivity index (χ3n) is 5.49. The smallest absolute Gasteiger partial charge is 0.244 e. The Balaban J connectivity index is 1.46. The molecule has 0 unspecified atom stereocenters. The highest BCUT2D eigenvalue weighted by molar-refractivity contribution is 5.92. The zero-order chi connectivity index (χ0) is 21.5. The van der Waals surface area contributed by atoms with Gasteiger partial charge in [-0.2, -0.15) is 0 Å². The van der Waals surface area contributed by atoms with Crippen LogP contribution >= 0.6 is 0 Å². The van der Waals surface area contributed by atoms with Crippen LogP contribution in [-0.4, -0.2) is 59.1 Å². The molecule has 31 heavy (non-hydrogen) atoms. The van der Waals surface area contributed by atoms with Crippen LogP contribution in [0.2, 0.25) is 0 Å². The molecule has 0 aliphatic carbocycles. The molecule has 1 fully saturated rings. The van der Waals surface area contributed by atoms with E-state index in [2.05, 4.69) is 17.4 Å². The van der Waals surface area contributed by atoms with Crippen LogP contribution in [0.5, 0.6) is 17.2 Å². The van der Waals surface area contributed by atoms with Crippen molar-refractivity contribution in [2.24, 2.45) is 0 Å². The van der Waals surface area contributed by atoms with Crippen molar-refractivity contribution in [3.8, 4) is 17.2 Å². The fourth-order valence-electron chi connectivity index (χ4n) is 3.87. The van der Waals surface area contributed by atoms with Gasteiger partial charge in [-0.05, 0) is 29.3 Å². The van der Waals surface area contributed by atoms with E-state index in [1.165, 1.54) is 4.90 Å². The SMILES string of the molecule is COc1cc(/C=C/C(=O)N[C@H](C[NH+]2CCOCC2)c2ccccc2)cc2c1OCCO2. The van der Waals surface area contributed by atoms with E-state index >= 15 is 0 Å². The van der Waals surface area contributed by atoms with E-state index in [0.29, 0.717) is 30.5 Å². The van der Waals surface area contributed by atoms with Gasteiger partial charge in [-0.25, -0.2) is 0 Å². The molecule has 2 aliphatic heterocycles. The lowest BCUT2D eigenvalue weighted by Gasteiger charge is -2.28. The maximum atomic E-state index is 12.8. The van der Waals surface area contributed by atoms with Crippen LogP contribution in [0.4, 0.5) is 0 Å². The number of amides is 1. The Kier molecular flexibility index (Phi) is 7.07. The fourth-order valence-corrected chi connectivity index (χ4v) is 3.87. The number of quaternary nitrogens is 1. The lowest BCUT2D eigenvalue weighted by atomic mass is 10.1. The molecule has 2 aromatic rings. The zero-order valence-corrected chi connectivity index (χ0v) is 17.8. The van der Waals surface area contributed by atoms with E-state index in [4.69, 9.17) is 18.9 Å². The van der Waals surface area contributed by atoms with Crippen LogP contribution in [0.1, 0.15) is 17.2 Å². The minimum atomic E-state index is -0.143. The van der Waals surface area contributed by atoms with Crippen molar-refractivity contribution in [2.75, 3.05) is 53.2 Å². The number of morpholine rings is 1. The lowest BCUT2D eigenvalue weighted by Crippen LogP contribution is -3.14. The number of carbonyl (C=O) groups excluding carboxylic acids is 1. The van der Waals surface area contributed by atoms with Crippen LogP contribution in [0.15, 0.2) is 48.5 Å². The second-order valence-electron chi connectivity index (χ2n) is 7.62. The van der Waals surface area contributed by atoms with Gasteiger partial charge in [0, 0.05) is 6.08 Å². The predicted octanol–water partition coefficient (Wildman–Crippen LogP) is 1.25. The molecule has 2 heterocycles. The van der Waals surface area contributed by atoms with Gasteiger partial charge in [0.2, 0.25) is 11.7 Å². The molecule has 0 radical (unpaired) electrons. The van der Waals surface area contributed by atoms with E-state index in [1.807, 2.05) is 30.3 Å².